The van der Waals surface area contributed by atoms with Gasteiger partial charge in [0.25, 0.3) is 0 Å². The second-order valence-electron chi connectivity index (χ2n) is 1.96. The van der Waals surface area contributed by atoms with Crippen LogP contribution in [0.5, 0.6) is 0 Å². The second kappa shape index (κ2) is 60.1. The van der Waals surface area contributed by atoms with Gasteiger partial charge in [0.15, 0.2) is 0 Å². The molecule has 0 aromatic heterocycles. The molecule has 0 N–H and O–H groups in total. The summed E-state index contributed by atoms with van der Waals surface area (Å²) in [6.07, 6.45) is 12.6. The third kappa shape index (κ3) is 27.1. The van der Waals surface area contributed by atoms with Crippen molar-refractivity contribution in [3.63, 3.8) is 0 Å². The van der Waals surface area contributed by atoms with E-state index in [4.69, 9.17) is 27.9 Å². The minimum absolute atomic E-state index is 0. The van der Waals surface area contributed by atoms with E-state index in [0.717, 1.165) is 0 Å². The summed E-state index contributed by atoms with van der Waals surface area (Å²) in [7, 11) is 0. The van der Waals surface area contributed by atoms with Crippen LogP contribution in [0, 0.1) is 39.9 Å². The van der Waals surface area contributed by atoms with Crippen LogP contribution in [0.4, 0.5) is 0 Å². The zero-order valence-corrected chi connectivity index (χ0v) is 16.1. The molecule has 6 nitrogen and oxygen atoms in total. The van der Waals surface area contributed by atoms with Crippen molar-refractivity contribution in [2.75, 3.05) is 0 Å². The molecule has 2 aliphatic rings. The predicted octanol–water partition coefficient (Wildman–Crippen LogP) is 1.75. The van der Waals surface area contributed by atoms with Crippen molar-refractivity contribution in [3.05, 3.63) is 87.5 Å². The van der Waals surface area contributed by atoms with Crippen molar-refractivity contribution in [1.29, 1.82) is 0 Å². The molecule has 0 unspecified atom stereocenters. The molecule has 0 spiro atoms. The summed E-state index contributed by atoms with van der Waals surface area (Å²) >= 11 is 0. The Hall–Kier alpha value is -1.28. The quantitative estimate of drug-likeness (QED) is 0.283. The first-order valence-corrected chi connectivity index (χ1v) is 3.96. The Bertz CT molecular complexity index is 387. The first-order chi connectivity index (χ1) is 9.97. The number of fused-ring (bicyclic) bond motifs is 1. The van der Waals surface area contributed by atoms with Crippen molar-refractivity contribution >= 4 is 0 Å². The van der Waals surface area contributed by atoms with Gasteiger partial charge in [0.2, 0.25) is 0 Å². The van der Waals surface area contributed by atoms with Gasteiger partial charge in [-0.3, -0.25) is 0 Å². The molecule has 112 valence electrons. The smallest absolute Gasteiger partial charge is 0 e. The molecule has 2 rings (SSSR count). The number of hydrogen-bond acceptors (Lipinski definition) is 0. The maximum atomic E-state index is 7.50. The Labute approximate surface area is 156 Å². The van der Waals surface area contributed by atoms with Gasteiger partial charge in [0, 0.05) is 40.8 Å². The Balaban J connectivity index is -0.0000000283. The van der Waals surface area contributed by atoms with Crippen LogP contribution in [0.15, 0.2) is 47.6 Å². The van der Waals surface area contributed by atoms with Crippen molar-refractivity contribution in [3.8, 4) is 0 Å². The number of hydrogen-bond donors (Lipinski definition) is 0. The van der Waals surface area contributed by atoms with Gasteiger partial charge in [-0.15, -0.1) is 0 Å². The van der Waals surface area contributed by atoms with Gasteiger partial charge in [-0.1, -0.05) is 36.5 Å². The van der Waals surface area contributed by atoms with Gasteiger partial charge in [-0.05, 0) is 11.1 Å². The molecule has 0 aromatic rings. The minimum atomic E-state index is 0. The fraction of sp³-hybridized carbons (Fsp3) is 0. The Kier molecular flexibility index (Phi) is 117. The summed E-state index contributed by atoms with van der Waals surface area (Å²) in [6.45, 7) is 27.0. The van der Waals surface area contributed by atoms with E-state index in [0.29, 0.717) is 0 Å². The molecule has 8 heteroatoms. The standard InChI is InChI=1S/C8H6.6CO.2Re/c1-3-7-5-2-6-8(7)4-1;6*1-2;;/h1-6H;;;;;;;;. The van der Waals surface area contributed by atoms with E-state index in [-0.39, 0.29) is 40.8 Å². The van der Waals surface area contributed by atoms with E-state index >= 15 is 0 Å². The van der Waals surface area contributed by atoms with Crippen molar-refractivity contribution in [2.24, 2.45) is 0 Å². The molecule has 0 bridgehead atoms. The Morgan fingerprint density at radius 2 is 0.636 bits per heavy atom. The molecule has 0 saturated carbocycles. The van der Waals surface area contributed by atoms with Gasteiger partial charge < -0.3 is 0 Å². The van der Waals surface area contributed by atoms with Crippen molar-refractivity contribution in [2.45, 2.75) is 0 Å². The average molecular weight is 643 g/mol. The van der Waals surface area contributed by atoms with E-state index in [1.807, 2.05) is 0 Å². The molecule has 0 saturated heterocycles. The summed E-state index contributed by atoms with van der Waals surface area (Å²) in [5, 5.41) is 0. The second-order valence-corrected chi connectivity index (χ2v) is 1.96. The zero-order chi connectivity index (χ0) is 17.4. The van der Waals surface area contributed by atoms with Gasteiger partial charge in [-0.2, -0.15) is 0 Å². The van der Waals surface area contributed by atoms with Crippen LogP contribution in [0.3, 0.4) is 0 Å². The first-order valence-electron chi connectivity index (χ1n) is 3.96. The summed E-state index contributed by atoms with van der Waals surface area (Å²) in [5.41, 5.74) is 2.70. The summed E-state index contributed by atoms with van der Waals surface area (Å²) in [4.78, 5) is 0. The monoisotopic (exact) mass is 644 g/mol. The number of rotatable bonds is 0. The van der Waals surface area contributed by atoms with Crippen LogP contribution in [-0.4, -0.2) is 0 Å². The van der Waals surface area contributed by atoms with Crippen molar-refractivity contribution in [1.82, 2.24) is 0 Å². The zero-order valence-electron chi connectivity index (χ0n) is 10.7. The molecule has 0 aliphatic heterocycles. The maximum Gasteiger partial charge on any atom is 0 e. The minimum Gasteiger partial charge on any atom is 0 e. The third-order valence-electron chi connectivity index (χ3n) is 1.44. The van der Waals surface area contributed by atoms with Gasteiger partial charge >= 0.3 is 67.8 Å². The Morgan fingerprint density at radius 1 is 0.455 bits per heavy atom. The van der Waals surface area contributed by atoms with Crippen molar-refractivity contribution < 1.29 is 68.8 Å². The van der Waals surface area contributed by atoms with Gasteiger partial charge in [0.1, 0.15) is 0 Å². The van der Waals surface area contributed by atoms with E-state index in [1.54, 1.807) is 0 Å². The molecule has 2 radical (unpaired) electrons. The molecule has 0 amide bonds. The maximum absolute atomic E-state index is 7.50. The Morgan fingerprint density at radius 3 is 0.818 bits per heavy atom. The number of allylic oxidation sites excluding steroid dienone is 8. The molecule has 0 aromatic carbocycles. The topological polar surface area (TPSA) is 119 Å². The fourth-order valence-electron chi connectivity index (χ4n) is 1.01. The normalized spacial score (nSPS) is 8.18. The third-order valence-corrected chi connectivity index (χ3v) is 1.44. The molecule has 0 fully saturated rings. The van der Waals surface area contributed by atoms with E-state index in [2.05, 4.69) is 76.4 Å². The molecule has 0 atom stereocenters. The molecule has 2 aliphatic carbocycles. The average Bonchev–Trinajstić information content (AvgIpc) is 3.23. The molecule has 0 heterocycles. The first kappa shape index (κ1) is 42.8. The van der Waals surface area contributed by atoms with E-state index in [9.17, 15) is 0 Å². The van der Waals surface area contributed by atoms with Gasteiger partial charge in [0.05, 0.1) is 0 Å². The molecular formula is C14H6O6Re2. The summed E-state index contributed by atoms with van der Waals surface area (Å²) < 4.78 is 45.0. The van der Waals surface area contributed by atoms with Crippen LogP contribution in [-0.2, 0) is 68.8 Å². The van der Waals surface area contributed by atoms with Crippen LogP contribution in [0.2, 0.25) is 0 Å². The van der Waals surface area contributed by atoms with Gasteiger partial charge in [-0.25, -0.2) is 0 Å². The van der Waals surface area contributed by atoms with Crippen LogP contribution in [0.25, 0.3) is 0 Å². The molecular weight excluding hydrogens is 637 g/mol. The largest absolute Gasteiger partial charge is 0 e. The predicted molar refractivity (Wildman–Crippen MR) is 58.0 cm³/mol. The van der Waals surface area contributed by atoms with E-state index < -0.39 is 0 Å². The van der Waals surface area contributed by atoms with E-state index in [1.165, 1.54) is 11.1 Å². The summed E-state index contributed by atoms with van der Waals surface area (Å²) in [6, 6.07) is 0. The van der Waals surface area contributed by atoms with Crippen LogP contribution < -0.4 is 0 Å². The summed E-state index contributed by atoms with van der Waals surface area (Å²) in [5.74, 6) is 0. The van der Waals surface area contributed by atoms with Crippen LogP contribution in [0.1, 0.15) is 0 Å². The SMILES string of the molecule is C1=CC2=CC=CC2=C1.[C-]#[O+].[C-]#[O+].[C-]#[O+].[C-]#[O+].[C-]#[O+].[C-]#[O+].[Re].[Re]. The fourth-order valence-corrected chi connectivity index (χ4v) is 1.01. The van der Waals surface area contributed by atoms with Crippen LogP contribution >= 0.6 is 0 Å². The molecule has 22 heavy (non-hydrogen) atoms.